The van der Waals surface area contributed by atoms with Gasteiger partial charge in [0.1, 0.15) is 30.1 Å². The fraction of sp³-hybridized carbons (Fsp3) is 0.733. The number of aliphatic imine (C=N–C) groups is 2. The zero-order valence-electron chi connectivity index (χ0n) is 12.7. The summed E-state index contributed by atoms with van der Waals surface area (Å²) in [7, 11) is 0. The predicted molar refractivity (Wildman–Crippen MR) is 82.2 cm³/mol. The van der Waals surface area contributed by atoms with Gasteiger partial charge in [-0.05, 0) is 20.3 Å². The third-order valence-electron chi connectivity index (χ3n) is 4.96. The Kier molecular flexibility index (Phi) is 2.96. The first kappa shape index (κ1) is 13.1. The Labute approximate surface area is 125 Å². The van der Waals surface area contributed by atoms with Crippen LogP contribution in [0, 0.1) is 5.92 Å². The molecule has 0 aromatic heterocycles. The van der Waals surface area contributed by atoms with E-state index in [2.05, 4.69) is 21.7 Å². The molecule has 21 heavy (non-hydrogen) atoms. The molecule has 0 aromatic rings. The minimum atomic E-state index is -0.0569. The van der Waals surface area contributed by atoms with Crippen LogP contribution in [-0.2, 0) is 4.74 Å². The number of rotatable bonds is 3. The summed E-state index contributed by atoms with van der Waals surface area (Å²) in [6, 6.07) is 0.394. The lowest BCUT2D eigenvalue weighted by atomic mass is 9.83. The van der Waals surface area contributed by atoms with Crippen LogP contribution in [0.1, 0.15) is 20.3 Å². The van der Waals surface area contributed by atoms with Crippen LogP contribution in [0.15, 0.2) is 21.4 Å². The molecule has 4 aliphatic heterocycles. The summed E-state index contributed by atoms with van der Waals surface area (Å²) >= 11 is 0. The summed E-state index contributed by atoms with van der Waals surface area (Å²) in [6.07, 6.45) is 1.17. The summed E-state index contributed by atoms with van der Waals surface area (Å²) in [5, 5.41) is 0. The minimum Gasteiger partial charge on any atom is -0.385 e. The summed E-state index contributed by atoms with van der Waals surface area (Å²) in [4.78, 5) is 14.3. The van der Waals surface area contributed by atoms with E-state index in [1.165, 1.54) is 17.8 Å². The first-order valence-electron chi connectivity index (χ1n) is 7.93. The molecule has 6 heteroatoms. The molecule has 2 unspecified atom stereocenters. The second-order valence-corrected chi connectivity index (χ2v) is 6.28. The molecule has 3 atom stereocenters. The third kappa shape index (κ3) is 1.81. The quantitative estimate of drug-likeness (QED) is 0.817. The fourth-order valence-corrected chi connectivity index (χ4v) is 4.04. The van der Waals surface area contributed by atoms with E-state index in [-0.39, 0.29) is 6.04 Å². The molecule has 4 aliphatic rings. The molecular weight excluding hydrogens is 266 g/mol. The van der Waals surface area contributed by atoms with Gasteiger partial charge in [-0.15, -0.1) is 0 Å². The van der Waals surface area contributed by atoms with Crippen molar-refractivity contribution in [3.05, 3.63) is 11.4 Å². The highest BCUT2D eigenvalue weighted by Gasteiger charge is 2.47. The van der Waals surface area contributed by atoms with Crippen molar-refractivity contribution in [1.29, 1.82) is 0 Å². The van der Waals surface area contributed by atoms with Gasteiger partial charge in [0.05, 0.1) is 6.04 Å². The van der Waals surface area contributed by atoms with Crippen molar-refractivity contribution >= 4 is 11.7 Å². The number of ether oxygens (including phenoxy) is 1. The smallest absolute Gasteiger partial charge is 0.134 e. The number of hydrogen-bond donors (Lipinski definition) is 1. The maximum atomic E-state index is 6.16. The maximum absolute atomic E-state index is 6.16. The van der Waals surface area contributed by atoms with Crippen LogP contribution in [0.25, 0.3) is 0 Å². The van der Waals surface area contributed by atoms with E-state index in [4.69, 9.17) is 15.5 Å². The highest BCUT2D eigenvalue weighted by atomic mass is 16.5. The van der Waals surface area contributed by atoms with Gasteiger partial charge in [-0.3, -0.25) is 9.98 Å². The van der Waals surface area contributed by atoms with Gasteiger partial charge < -0.3 is 20.3 Å². The molecule has 4 rings (SSSR count). The van der Waals surface area contributed by atoms with Crippen LogP contribution in [-0.4, -0.2) is 66.4 Å². The Morgan fingerprint density at radius 2 is 2.29 bits per heavy atom. The van der Waals surface area contributed by atoms with Crippen LogP contribution in [0.5, 0.6) is 0 Å². The van der Waals surface area contributed by atoms with Gasteiger partial charge in [-0.25, -0.2) is 0 Å². The van der Waals surface area contributed by atoms with Crippen molar-refractivity contribution in [2.75, 3.05) is 32.8 Å². The second-order valence-electron chi connectivity index (χ2n) is 6.28. The van der Waals surface area contributed by atoms with Crippen molar-refractivity contribution in [2.24, 2.45) is 21.6 Å². The Morgan fingerprint density at radius 1 is 1.43 bits per heavy atom. The zero-order valence-corrected chi connectivity index (χ0v) is 12.7. The van der Waals surface area contributed by atoms with E-state index in [0.717, 1.165) is 25.5 Å². The molecule has 0 spiro atoms. The van der Waals surface area contributed by atoms with Gasteiger partial charge in [-0.1, -0.05) is 0 Å². The van der Waals surface area contributed by atoms with Gasteiger partial charge in [0.25, 0.3) is 0 Å². The zero-order chi connectivity index (χ0) is 14.6. The van der Waals surface area contributed by atoms with E-state index in [9.17, 15) is 0 Å². The molecule has 114 valence electrons. The molecule has 6 nitrogen and oxygen atoms in total. The fourth-order valence-electron chi connectivity index (χ4n) is 4.04. The van der Waals surface area contributed by atoms with E-state index >= 15 is 0 Å². The maximum Gasteiger partial charge on any atom is 0.134 e. The molecule has 1 saturated heterocycles. The number of nitrogens with zero attached hydrogens (tertiary/aromatic N) is 4. The lowest BCUT2D eigenvalue weighted by Gasteiger charge is -2.43. The highest BCUT2D eigenvalue weighted by molar-refractivity contribution is 5.97. The average molecular weight is 289 g/mol. The monoisotopic (exact) mass is 289 g/mol. The molecule has 0 bridgehead atoms. The number of amidine groups is 2. The van der Waals surface area contributed by atoms with Crippen molar-refractivity contribution in [2.45, 2.75) is 32.4 Å². The summed E-state index contributed by atoms with van der Waals surface area (Å²) in [6.45, 7) is 8.56. The van der Waals surface area contributed by atoms with Crippen LogP contribution in [0.2, 0.25) is 0 Å². The molecule has 0 radical (unpaired) electrons. The van der Waals surface area contributed by atoms with Gasteiger partial charge in [0.15, 0.2) is 0 Å². The molecule has 0 aliphatic carbocycles. The van der Waals surface area contributed by atoms with E-state index < -0.39 is 0 Å². The van der Waals surface area contributed by atoms with Gasteiger partial charge >= 0.3 is 0 Å². The van der Waals surface area contributed by atoms with Crippen LogP contribution in [0.4, 0.5) is 0 Å². The number of hydrogen-bond acceptors (Lipinski definition) is 6. The Bertz CT molecular complexity index is 552. The van der Waals surface area contributed by atoms with E-state index in [1.807, 2.05) is 6.92 Å². The Balaban J connectivity index is 1.80. The van der Waals surface area contributed by atoms with Gasteiger partial charge in [0, 0.05) is 37.7 Å². The molecule has 1 fully saturated rings. The summed E-state index contributed by atoms with van der Waals surface area (Å²) in [5.41, 5.74) is 7.56. The minimum absolute atomic E-state index is 0.0569. The Morgan fingerprint density at radius 3 is 3.10 bits per heavy atom. The molecule has 0 saturated carbocycles. The normalized spacial score (nSPS) is 33.9. The first-order chi connectivity index (χ1) is 10.2. The summed E-state index contributed by atoms with van der Waals surface area (Å²) in [5.74, 6) is 3.55. The van der Waals surface area contributed by atoms with Gasteiger partial charge in [-0.2, -0.15) is 0 Å². The standard InChI is InChI=1S/C15H23N5O/c1-3-21-8-11-18-13-12-10(6-17-14(13)16)4-5-19-7-9(2)20(11)15(12)19/h9-10,13H,3-8H2,1-2H3,(H2,16,17)/t9-,10?,13?/m0/s1. The average Bonchev–Trinajstić information content (AvgIpc) is 2.83. The lowest BCUT2D eigenvalue weighted by Crippen LogP contribution is -2.50. The Hall–Kier alpha value is -1.56. The van der Waals surface area contributed by atoms with Crippen molar-refractivity contribution < 1.29 is 4.74 Å². The molecule has 0 aromatic carbocycles. The molecule has 2 N–H and O–H groups in total. The second kappa shape index (κ2) is 4.73. The molecule has 0 amide bonds. The van der Waals surface area contributed by atoms with E-state index in [0.29, 0.717) is 31.0 Å². The summed E-state index contributed by atoms with van der Waals surface area (Å²) < 4.78 is 5.63. The SMILES string of the molecule is CCOCC1=NC2C(N)=NCC3CCN4C[C@H](C)N1C4=C32. The lowest BCUT2D eigenvalue weighted by molar-refractivity contribution is 0.176. The molecular formula is C15H23N5O. The number of nitrogens with two attached hydrogens (primary N) is 1. The van der Waals surface area contributed by atoms with Crippen molar-refractivity contribution in [3.8, 4) is 0 Å². The van der Waals surface area contributed by atoms with Crippen LogP contribution in [0.3, 0.4) is 0 Å². The van der Waals surface area contributed by atoms with Crippen LogP contribution < -0.4 is 5.73 Å². The van der Waals surface area contributed by atoms with Crippen molar-refractivity contribution in [1.82, 2.24) is 9.80 Å². The topological polar surface area (TPSA) is 66.5 Å². The van der Waals surface area contributed by atoms with E-state index in [1.54, 1.807) is 0 Å². The highest BCUT2D eigenvalue weighted by Crippen LogP contribution is 2.42. The van der Waals surface area contributed by atoms with Crippen molar-refractivity contribution in [3.63, 3.8) is 0 Å². The third-order valence-corrected chi connectivity index (χ3v) is 4.96. The largest absolute Gasteiger partial charge is 0.385 e. The molecule has 4 heterocycles. The van der Waals surface area contributed by atoms with Crippen LogP contribution >= 0.6 is 0 Å². The van der Waals surface area contributed by atoms with Gasteiger partial charge in [0.2, 0.25) is 0 Å². The predicted octanol–water partition coefficient (Wildman–Crippen LogP) is 0.412. The first-order valence-corrected chi connectivity index (χ1v) is 7.93.